The van der Waals surface area contributed by atoms with Gasteiger partial charge in [0.25, 0.3) is 5.91 Å². The van der Waals surface area contributed by atoms with E-state index in [4.69, 9.17) is 0 Å². The number of benzene rings is 2. The molecule has 0 aromatic heterocycles. The van der Waals surface area contributed by atoms with Crippen LogP contribution in [0.2, 0.25) is 0 Å². The number of halogens is 3. The van der Waals surface area contributed by atoms with Gasteiger partial charge in [-0.15, -0.1) is 0 Å². The Morgan fingerprint density at radius 3 is 2.55 bits per heavy atom. The summed E-state index contributed by atoms with van der Waals surface area (Å²) in [5.41, 5.74) is 2.22. The van der Waals surface area contributed by atoms with E-state index >= 15 is 0 Å². The van der Waals surface area contributed by atoms with Crippen LogP contribution in [-0.2, 0) is 4.79 Å². The van der Waals surface area contributed by atoms with E-state index in [2.05, 4.69) is 21.6 Å². The maximum atomic E-state index is 13.9. The smallest absolute Gasteiger partial charge is 0.322 e. The number of piperidine rings is 1. The predicted molar refractivity (Wildman–Crippen MR) is 135 cm³/mol. The molecule has 2 aliphatic rings. The highest BCUT2D eigenvalue weighted by atomic mass is 19.2. The van der Waals surface area contributed by atoms with Gasteiger partial charge in [0, 0.05) is 19.3 Å². The monoisotopic (exact) mass is 525 g/mol. The molecule has 2 aromatic rings. The molecule has 0 bridgehead atoms. The summed E-state index contributed by atoms with van der Waals surface area (Å²) in [4.78, 5) is 29.1. The minimum absolute atomic E-state index is 0.211. The SMILES string of the molecule is CC1=C(C(=O)NCCCN2CCC(c3ccc(F)cc3C#N)CC2)C(c2ccc(F)c(F)c2)N(C)C(=O)N1. The normalized spacial score (nSPS) is 18.8. The zero-order valence-corrected chi connectivity index (χ0v) is 21.4. The fourth-order valence-corrected chi connectivity index (χ4v) is 5.25. The first-order valence-electron chi connectivity index (χ1n) is 12.6. The van der Waals surface area contributed by atoms with Crippen molar-refractivity contribution in [2.45, 2.75) is 38.1 Å². The van der Waals surface area contributed by atoms with Crippen molar-refractivity contribution in [1.82, 2.24) is 20.4 Å². The van der Waals surface area contributed by atoms with Crippen LogP contribution in [0.15, 0.2) is 47.7 Å². The average molecular weight is 526 g/mol. The van der Waals surface area contributed by atoms with Crippen molar-refractivity contribution in [2.24, 2.45) is 0 Å². The first-order chi connectivity index (χ1) is 18.2. The number of hydrogen-bond donors (Lipinski definition) is 2. The van der Waals surface area contributed by atoms with E-state index in [9.17, 15) is 28.0 Å². The van der Waals surface area contributed by atoms with Crippen molar-refractivity contribution in [1.29, 1.82) is 5.26 Å². The topological polar surface area (TPSA) is 88.5 Å². The standard InChI is InChI=1S/C28H30F3N5O2/c1-17-25(26(35(2)28(38)34-17)19-4-7-23(30)24(31)15-19)27(37)33-10-3-11-36-12-8-18(9-13-36)22-6-5-21(29)14-20(22)16-32/h4-7,14-15,18,26H,3,8-13H2,1-2H3,(H,33,37)(H,34,38). The summed E-state index contributed by atoms with van der Waals surface area (Å²) >= 11 is 0. The summed E-state index contributed by atoms with van der Waals surface area (Å²) in [6.45, 7) is 4.44. The Morgan fingerprint density at radius 2 is 1.87 bits per heavy atom. The lowest BCUT2D eigenvalue weighted by Crippen LogP contribution is -2.48. The summed E-state index contributed by atoms with van der Waals surface area (Å²) in [6, 6.07) is 8.54. The molecule has 0 aliphatic carbocycles. The fourth-order valence-electron chi connectivity index (χ4n) is 5.25. The second kappa shape index (κ2) is 11.7. The molecule has 0 saturated carbocycles. The van der Waals surface area contributed by atoms with Crippen molar-refractivity contribution in [3.05, 3.63) is 81.8 Å². The van der Waals surface area contributed by atoms with Crippen LogP contribution in [0.3, 0.4) is 0 Å². The summed E-state index contributed by atoms with van der Waals surface area (Å²) in [7, 11) is 1.50. The van der Waals surface area contributed by atoms with Gasteiger partial charge in [0.1, 0.15) is 5.82 Å². The summed E-state index contributed by atoms with van der Waals surface area (Å²) in [6.07, 6.45) is 2.42. The molecule has 2 heterocycles. The fraction of sp³-hybridized carbons (Fsp3) is 0.393. The lowest BCUT2D eigenvalue weighted by molar-refractivity contribution is -0.118. The van der Waals surface area contributed by atoms with E-state index in [0.717, 1.165) is 50.2 Å². The number of nitriles is 1. The largest absolute Gasteiger partial charge is 0.352 e. The Kier molecular flexibility index (Phi) is 8.37. The van der Waals surface area contributed by atoms with Gasteiger partial charge in [0.15, 0.2) is 11.6 Å². The molecular formula is C28H30F3N5O2. The molecule has 2 N–H and O–H groups in total. The van der Waals surface area contributed by atoms with Gasteiger partial charge in [-0.1, -0.05) is 12.1 Å². The Balaban J connectivity index is 1.32. The molecule has 10 heteroatoms. The van der Waals surface area contributed by atoms with Crippen LogP contribution in [0.5, 0.6) is 0 Å². The van der Waals surface area contributed by atoms with Gasteiger partial charge in [-0.2, -0.15) is 5.26 Å². The highest BCUT2D eigenvalue weighted by molar-refractivity contribution is 5.98. The van der Waals surface area contributed by atoms with Crippen molar-refractivity contribution in [3.8, 4) is 6.07 Å². The first-order valence-corrected chi connectivity index (χ1v) is 12.6. The van der Waals surface area contributed by atoms with Gasteiger partial charge in [-0.05, 0) is 87.1 Å². The lowest BCUT2D eigenvalue weighted by atomic mass is 9.86. The zero-order valence-electron chi connectivity index (χ0n) is 21.4. The second-order valence-corrected chi connectivity index (χ2v) is 9.72. The van der Waals surface area contributed by atoms with Gasteiger partial charge < -0.3 is 20.4 Å². The molecule has 1 atom stereocenters. The molecule has 4 rings (SSSR count). The quantitative estimate of drug-likeness (QED) is 0.527. The van der Waals surface area contributed by atoms with Crippen molar-refractivity contribution >= 4 is 11.9 Å². The molecule has 1 unspecified atom stereocenters. The Hall–Kier alpha value is -3.84. The van der Waals surface area contributed by atoms with Crippen LogP contribution in [0, 0.1) is 28.8 Å². The minimum Gasteiger partial charge on any atom is -0.352 e. The van der Waals surface area contributed by atoms with Crippen molar-refractivity contribution in [3.63, 3.8) is 0 Å². The highest BCUT2D eigenvalue weighted by Gasteiger charge is 2.36. The first kappa shape index (κ1) is 27.2. The maximum absolute atomic E-state index is 13.9. The third kappa shape index (κ3) is 5.83. The number of rotatable bonds is 7. The number of urea groups is 1. The summed E-state index contributed by atoms with van der Waals surface area (Å²) in [5, 5.41) is 14.9. The molecule has 0 spiro atoms. The third-order valence-corrected chi connectivity index (χ3v) is 7.28. The molecule has 2 aromatic carbocycles. The van der Waals surface area contributed by atoms with Gasteiger partial charge in [-0.25, -0.2) is 18.0 Å². The molecule has 3 amide bonds. The van der Waals surface area contributed by atoms with E-state index in [1.54, 1.807) is 13.0 Å². The number of likely N-dealkylation sites (tertiary alicyclic amines) is 1. The van der Waals surface area contributed by atoms with Gasteiger partial charge >= 0.3 is 6.03 Å². The Labute approximate surface area is 219 Å². The van der Waals surface area contributed by atoms with Crippen LogP contribution in [0.1, 0.15) is 54.8 Å². The number of likely N-dealkylation sites (N-methyl/N-ethyl adjacent to an activating group) is 1. The van der Waals surface area contributed by atoms with E-state index in [-0.39, 0.29) is 17.4 Å². The zero-order chi connectivity index (χ0) is 27.4. The van der Waals surface area contributed by atoms with Crippen molar-refractivity contribution < 1.29 is 22.8 Å². The van der Waals surface area contributed by atoms with E-state index in [0.29, 0.717) is 29.8 Å². The number of amides is 3. The number of allylic oxidation sites excluding steroid dienone is 1. The van der Waals surface area contributed by atoms with Crippen LogP contribution in [0.25, 0.3) is 0 Å². The lowest BCUT2D eigenvalue weighted by Gasteiger charge is -2.35. The van der Waals surface area contributed by atoms with Gasteiger partial charge in [0.2, 0.25) is 0 Å². The van der Waals surface area contributed by atoms with E-state index < -0.39 is 29.5 Å². The van der Waals surface area contributed by atoms with Crippen LogP contribution < -0.4 is 10.6 Å². The Bertz CT molecular complexity index is 1300. The van der Waals surface area contributed by atoms with E-state index in [1.807, 2.05) is 0 Å². The third-order valence-electron chi connectivity index (χ3n) is 7.28. The Morgan fingerprint density at radius 1 is 1.13 bits per heavy atom. The molecule has 2 aliphatic heterocycles. The number of carbonyl (C=O) groups excluding carboxylic acids is 2. The van der Waals surface area contributed by atoms with Crippen molar-refractivity contribution in [2.75, 3.05) is 33.2 Å². The molecule has 200 valence electrons. The number of hydrogen-bond acceptors (Lipinski definition) is 4. The highest BCUT2D eigenvalue weighted by Crippen LogP contribution is 2.33. The van der Waals surface area contributed by atoms with Gasteiger partial charge in [0.05, 0.1) is 23.2 Å². The van der Waals surface area contributed by atoms with Gasteiger partial charge in [-0.3, -0.25) is 4.79 Å². The minimum atomic E-state index is -1.05. The molecule has 1 fully saturated rings. The number of carbonyl (C=O) groups is 2. The second-order valence-electron chi connectivity index (χ2n) is 9.72. The molecule has 1 saturated heterocycles. The molecule has 0 radical (unpaired) electrons. The molecule has 38 heavy (non-hydrogen) atoms. The number of nitrogens with one attached hydrogen (secondary N) is 2. The van der Waals surface area contributed by atoms with E-state index in [1.165, 1.54) is 30.1 Å². The summed E-state index contributed by atoms with van der Waals surface area (Å²) in [5.74, 6) is -2.64. The number of nitrogens with zero attached hydrogens (tertiary/aromatic N) is 3. The molecular weight excluding hydrogens is 495 g/mol. The predicted octanol–water partition coefficient (Wildman–Crippen LogP) is 4.33. The summed E-state index contributed by atoms with van der Waals surface area (Å²) < 4.78 is 40.9. The van der Waals surface area contributed by atoms with Crippen LogP contribution in [0.4, 0.5) is 18.0 Å². The molecule has 7 nitrogen and oxygen atoms in total. The van der Waals surface area contributed by atoms with Crippen LogP contribution >= 0.6 is 0 Å². The average Bonchev–Trinajstić information content (AvgIpc) is 2.90. The maximum Gasteiger partial charge on any atom is 0.322 e. The van der Waals surface area contributed by atoms with Crippen LogP contribution in [-0.4, -0.2) is 55.0 Å².